The van der Waals surface area contributed by atoms with Crippen molar-refractivity contribution in [3.8, 4) is 0 Å². The van der Waals surface area contributed by atoms with E-state index >= 15 is 0 Å². The largest absolute Gasteiger partial charge is 0.479 e. The SMILES string of the molecule is CCC(OC)C(=O)NCC(OC)C(=O)O. The Hall–Kier alpha value is -1.14. The molecule has 6 heteroatoms. The predicted octanol–water partition coefficient (Wildman–Crippen LogP) is -0.373. The first-order valence-corrected chi connectivity index (χ1v) is 4.62. The second-order valence-electron chi connectivity index (χ2n) is 2.94. The van der Waals surface area contributed by atoms with Gasteiger partial charge in [0.05, 0.1) is 6.54 Å². The lowest BCUT2D eigenvalue weighted by atomic mass is 10.2. The smallest absolute Gasteiger partial charge is 0.334 e. The Kier molecular flexibility index (Phi) is 6.64. The topological polar surface area (TPSA) is 84.9 Å². The summed E-state index contributed by atoms with van der Waals surface area (Å²) in [5, 5.41) is 11.1. The Bertz CT molecular complexity index is 215. The maximum absolute atomic E-state index is 11.4. The van der Waals surface area contributed by atoms with E-state index in [0.29, 0.717) is 6.42 Å². The van der Waals surface area contributed by atoms with Crippen LogP contribution in [0.2, 0.25) is 0 Å². The van der Waals surface area contributed by atoms with Crippen LogP contribution in [0.15, 0.2) is 0 Å². The minimum absolute atomic E-state index is 0.0650. The first-order chi connectivity index (χ1) is 7.06. The van der Waals surface area contributed by atoms with Gasteiger partial charge in [0.1, 0.15) is 6.10 Å². The van der Waals surface area contributed by atoms with E-state index in [-0.39, 0.29) is 12.5 Å². The molecule has 88 valence electrons. The second kappa shape index (κ2) is 7.19. The van der Waals surface area contributed by atoms with Gasteiger partial charge in [0.2, 0.25) is 5.91 Å². The maximum atomic E-state index is 11.4. The first-order valence-electron chi connectivity index (χ1n) is 4.62. The number of nitrogens with one attached hydrogen (secondary N) is 1. The molecule has 2 atom stereocenters. The molecule has 0 aliphatic rings. The van der Waals surface area contributed by atoms with E-state index in [1.54, 1.807) is 6.92 Å². The summed E-state index contributed by atoms with van der Waals surface area (Å²) in [7, 11) is 2.71. The van der Waals surface area contributed by atoms with Crippen LogP contribution >= 0.6 is 0 Å². The van der Waals surface area contributed by atoms with E-state index in [2.05, 4.69) is 10.1 Å². The third-order valence-electron chi connectivity index (χ3n) is 1.97. The number of carboxylic acids is 1. The summed E-state index contributed by atoms with van der Waals surface area (Å²) in [6.45, 7) is 1.74. The van der Waals surface area contributed by atoms with Crippen LogP contribution in [-0.2, 0) is 19.1 Å². The van der Waals surface area contributed by atoms with Crippen molar-refractivity contribution in [3.63, 3.8) is 0 Å². The number of carbonyl (C=O) groups is 2. The van der Waals surface area contributed by atoms with Crippen molar-refractivity contribution < 1.29 is 24.2 Å². The van der Waals surface area contributed by atoms with Crippen LogP contribution in [-0.4, -0.2) is 50.0 Å². The molecule has 0 saturated carbocycles. The number of carbonyl (C=O) groups excluding carboxylic acids is 1. The summed E-state index contributed by atoms with van der Waals surface area (Å²) in [6.07, 6.45) is -1.04. The molecule has 15 heavy (non-hydrogen) atoms. The molecule has 0 fully saturated rings. The monoisotopic (exact) mass is 219 g/mol. The number of hydrogen-bond acceptors (Lipinski definition) is 4. The van der Waals surface area contributed by atoms with Gasteiger partial charge in [-0.3, -0.25) is 4.79 Å². The van der Waals surface area contributed by atoms with E-state index < -0.39 is 18.2 Å². The Morgan fingerprint density at radius 2 is 1.80 bits per heavy atom. The van der Waals surface area contributed by atoms with Crippen molar-refractivity contribution in [2.75, 3.05) is 20.8 Å². The molecule has 0 heterocycles. The molecule has 2 N–H and O–H groups in total. The van der Waals surface area contributed by atoms with Gasteiger partial charge in [-0.15, -0.1) is 0 Å². The molecule has 0 radical (unpaired) electrons. The molecule has 0 aromatic carbocycles. The van der Waals surface area contributed by atoms with Crippen LogP contribution in [0.1, 0.15) is 13.3 Å². The van der Waals surface area contributed by atoms with E-state index in [1.165, 1.54) is 14.2 Å². The molecule has 0 saturated heterocycles. The second-order valence-corrected chi connectivity index (χ2v) is 2.94. The number of aliphatic carboxylic acids is 1. The van der Waals surface area contributed by atoms with Gasteiger partial charge in [-0.2, -0.15) is 0 Å². The number of carboxylic acid groups (broad SMARTS) is 1. The average molecular weight is 219 g/mol. The molecule has 0 aliphatic carbocycles. The van der Waals surface area contributed by atoms with E-state index in [1.807, 2.05) is 0 Å². The molecule has 0 aliphatic heterocycles. The van der Waals surface area contributed by atoms with Crippen molar-refractivity contribution in [1.82, 2.24) is 5.32 Å². The molecular weight excluding hydrogens is 202 g/mol. The highest BCUT2D eigenvalue weighted by molar-refractivity contribution is 5.81. The molecule has 2 unspecified atom stereocenters. The lowest BCUT2D eigenvalue weighted by Gasteiger charge is -2.15. The summed E-state index contributed by atoms with van der Waals surface area (Å²) in [5.74, 6) is -1.44. The zero-order valence-electron chi connectivity index (χ0n) is 9.15. The molecule has 0 rings (SSSR count). The lowest BCUT2D eigenvalue weighted by Crippen LogP contribution is -2.42. The van der Waals surface area contributed by atoms with Crippen LogP contribution in [0.5, 0.6) is 0 Å². The average Bonchev–Trinajstić information content (AvgIpc) is 2.20. The molecule has 0 aromatic heterocycles. The Balaban J connectivity index is 4.02. The zero-order chi connectivity index (χ0) is 11.8. The van der Waals surface area contributed by atoms with Crippen LogP contribution in [0.4, 0.5) is 0 Å². The first kappa shape index (κ1) is 13.9. The zero-order valence-corrected chi connectivity index (χ0v) is 9.15. The predicted molar refractivity (Wildman–Crippen MR) is 52.5 cm³/mol. The van der Waals surface area contributed by atoms with E-state index in [0.717, 1.165) is 0 Å². The summed E-state index contributed by atoms with van der Waals surface area (Å²) >= 11 is 0. The molecule has 0 aromatic rings. The van der Waals surface area contributed by atoms with Crippen molar-refractivity contribution in [2.45, 2.75) is 25.6 Å². The fraction of sp³-hybridized carbons (Fsp3) is 0.778. The van der Waals surface area contributed by atoms with Crippen LogP contribution < -0.4 is 5.32 Å². The van der Waals surface area contributed by atoms with Gasteiger partial charge in [0, 0.05) is 14.2 Å². The number of hydrogen-bond donors (Lipinski definition) is 2. The molecule has 6 nitrogen and oxygen atoms in total. The van der Waals surface area contributed by atoms with E-state index in [4.69, 9.17) is 9.84 Å². The minimum atomic E-state index is -1.11. The van der Waals surface area contributed by atoms with Crippen molar-refractivity contribution in [2.24, 2.45) is 0 Å². The number of ether oxygens (including phenoxy) is 2. The number of methoxy groups -OCH3 is 2. The van der Waals surface area contributed by atoms with Gasteiger partial charge in [-0.05, 0) is 6.42 Å². The van der Waals surface area contributed by atoms with Crippen molar-refractivity contribution >= 4 is 11.9 Å². The summed E-state index contributed by atoms with van der Waals surface area (Å²) in [4.78, 5) is 21.9. The summed E-state index contributed by atoms with van der Waals surface area (Å²) in [6, 6.07) is 0. The standard InChI is InChI=1S/C9H17NO5/c1-4-6(14-2)8(11)10-5-7(15-3)9(12)13/h6-7H,4-5H2,1-3H3,(H,10,11)(H,12,13). The highest BCUT2D eigenvalue weighted by Gasteiger charge is 2.20. The summed E-state index contributed by atoms with van der Waals surface area (Å²) < 4.78 is 9.54. The summed E-state index contributed by atoms with van der Waals surface area (Å²) in [5.41, 5.74) is 0. The highest BCUT2D eigenvalue weighted by atomic mass is 16.5. The maximum Gasteiger partial charge on any atom is 0.334 e. The normalized spacial score (nSPS) is 14.3. The van der Waals surface area contributed by atoms with Gasteiger partial charge in [0.15, 0.2) is 6.10 Å². The number of rotatable bonds is 7. The molecular formula is C9H17NO5. The van der Waals surface area contributed by atoms with Crippen molar-refractivity contribution in [1.29, 1.82) is 0 Å². The van der Waals surface area contributed by atoms with Gasteiger partial charge in [-0.1, -0.05) is 6.92 Å². The van der Waals surface area contributed by atoms with Gasteiger partial charge >= 0.3 is 5.97 Å². The van der Waals surface area contributed by atoms with Gasteiger partial charge in [0.25, 0.3) is 0 Å². The van der Waals surface area contributed by atoms with Crippen molar-refractivity contribution in [3.05, 3.63) is 0 Å². The lowest BCUT2D eigenvalue weighted by molar-refractivity contribution is -0.148. The van der Waals surface area contributed by atoms with Gasteiger partial charge in [-0.25, -0.2) is 4.79 Å². The van der Waals surface area contributed by atoms with Crippen LogP contribution in [0.3, 0.4) is 0 Å². The van der Waals surface area contributed by atoms with Crippen LogP contribution in [0, 0.1) is 0 Å². The fourth-order valence-corrected chi connectivity index (χ4v) is 1.04. The Labute approximate surface area is 88.6 Å². The fourth-order valence-electron chi connectivity index (χ4n) is 1.04. The highest BCUT2D eigenvalue weighted by Crippen LogP contribution is 1.96. The third-order valence-corrected chi connectivity index (χ3v) is 1.97. The molecule has 0 bridgehead atoms. The van der Waals surface area contributed by atoms with Gasteiger partial charge < -0.3 is 19.9 Å². The van der Waals surface area contributed by atoms with Crippen LogP contribution in [0.25, 0.3) is 0 Å². The minimum Gasteiger partial charge on any atom is -0.479 e. The Morgan fingerprint density at radius 3 is 2.13 bits per heavy atom. The Morgan fingerprint density at radius 1 is 1.27 bits per heavy atom. The molecule has 1 amide bonds. The number of amides is 1. The molecule has 0 spiro atoms. The van der Waals surface area contributed by atoms with E-state index in [9.17, 15) is 9.59 Å². The quantitative estimate of drug-likeness (QED) is 0.610. The third kappa shape index (κ3) is 4.75.